The number of fused-ring (bicyclic) bond motifs is 1. The summed E-state index contributed by atoms with van der Waals surface area (Å²) in [5, 5.41) is 9.15. The van der Waals surface area contributed by atoms with Crippen LogP contribution in [0.5, 0.6) is 11.5 Å². The largest absolute Gasteiger partial charge is 0.490 e. The molecule has 1 aromatic carbocycles. The lowest BCUT2D eigenvalue weighted by Gasteiger charge is -2.13. The zero-order valence-corrected chi connectivity index (χ0v) is 13.7. The van der Waals surface area contributed by atoms with Gasteiger partial charge in [0.2, 0.25) is 0 Å². The molecule has 0 aliphatic rings. The molecule has 0 fully saturated rings. The lowest BCUT2D eigenvalue weighted by Crippen LogP contribution is -2.23. The number of rotatable bonds is 7. The summed E-state index contributed by atoms with van der Waals surface area (Å²) in [6.45, 7) is 4.59. The molecular weight excluding hydrogens is 320 g/mol. The number of carboxylic acids is 1. The summed E-state index contributed by atoms with van der Waals surface area (Å²) >= 11 is 5.15. The molecule has 124 valence electrons. The van der Waals surface area contributed by atoms with Crippen LogP contribution in [-0.2, 0) is 11.3 Å². The van der Waals surface area contributed by atoms with Crippen LogP contribution in [0, 0.1) is 4.77 Å². The summed E-state index contributed by atoms with van der Waals surface area (Å²) in [5.41, 5.74) is 0.174. The van der Waals surface area contributed by atoms with Crippen molar-refractivity contribution in [3.05, 3.63) is 27.3 Å². The van der Waals surface area contributed by atoms with E-state index < -0.39 is 5.97 Å². The molecule has 0 aliphatic heterocycles. The predicted molar refractivity (Wildman–Crippen MR) is 88.0 cm³/mol. The summed E-state index contributed by atoms with van der Waals surface area (Å²) in [6.07, 6.45) is -0.182. The highest BCUT2D eigenvalue weighted by molar-refractivity contribution is 7.71. The van der Waals surface area contributed by atoms with Crippen molar-refractivity contribution >= 4 is 29.1 Å². The summed E-state index contributed by atoms with van der Waals surface area (Å²) in [4.78, 5) is 26.2. The zero-order chi connectivity index (χ0) is 17.0. The van der Waals surface area contributed by atoms with Crippen molar-refractivity contribution < 1.29 is 19.4 Å². The highest BCUT2D eigenvalue weighted by Crippen LogP contribution is 2.30. The van der Waals surface area contributed by atoms with Gasteiger partial charge < -0.3 is 19.6 Å². The number of nitrogens with zero attached hydrogens (tertiary/aromatic N) is 1. The topological polar surface area (TPSA) is 93.5 Å². The fraction of sp³-hybridized carbons (Fsp3) is 0.400. The number of carbonyl (C=O) groups is 1. The number of hydrogen-bond acceptors (Lipinski definition) is 5. The van der Waals surface area contributed by atoms with Crippen LogP contribution < -0.4 is 15.0 Å². The Morgan fingerprint density at radius 2 is 1.87 bits per heavy atom. The van der Waals surface area contributed by atoms with Gasteiger partial charge in [-0.3, -0.25) is 14.2 Å². The molecule has 0 atom stereocenters. The average Bonchev–Trinajstić information content (AvgIpc) is 2.48. The second-order valence-corrected chi connectivity index (χ2v) is 5.13. The maximum absolute atomic E-state index is 12.6. The number of benzene rings is 1. The summed E-state index contributed by atoms with van der Waals surface area (Å²) in [7, 11) is 0. The second kappa shape index (κ2) is 7.28. The summed E-state index contributed by atoms with van der Waals surface area (Å²) < 4.78 is 12.4. The number of aromatic amines is 1. The van der Waals surface area contributed by atoms with Crippen LogP contribution in [-0.4, -0.2) is 33.8 Å². The first-order valence-corrected chi connectivity index (χ1v) is 7.67. The number of aromatic nitrogens is 2. The Kier molecular flexibility index (Phi) is 5.38. The van der Waals surface area contributed by atoms with Crippen molar-refractivity contribution in [2.24, 2.45) is 0 Å². The van der Waals surface area contributed by atoms with Crippen molar-refractivity contribution in [2.45, 2.75) is 26.8 Å². The monoisotopic (exact) mass is 338 g/mol. The standard InChI is InChI=1S/C15H18N2O5S/c1-3-21-11-7-9-10(8-12(11)22-4-2)16-15(23)17(14(9)20)6-5-13(18)19/h7-8H,3-6H2,1-2H3,(H,16,23)(H,18,19). The number of aliphatic carboxylic acids is 1. The van der Waals surface area contributed by atoms with Crippen molar-refractivity contribution in [1.82, 2.24) is 9.55 Å². The quantitative estimate of drug-likeness (QED) is 0.753. The van der Waals surface area contributed by atoms with Gasteiger partial charge in [0.15, 0.2) is 16.3 Å². The van der Waals surface area contributed by atoms with Crippen molar-refractivity contribution in [2.75, 3.05) is 13.2 Å². The lowest BCUT2D eigenvalue weighted by molar-refractivity contribution is -0.137. The first-order valence-electron chi connectivity index (χ1n) is 7.26. The van der Waals surface area contributed by atoms with Crippen LogP contribution in [0.15, 0.2) is 16.9 Å². The van der Waals surface area contributed by atoms with Gasteiger partial charge >= 0.3 is 5.97 Å². The van der Waals surface area contributed by atoms with E-state index in [-0.39, 0.29) is 23.3 Å². The molecule has 0 aliphatic carbocycles. The van der Waals surface area contributed by atoms with Gasteiger partial charge in [0, 0.05) is 12.6 Å². The van der Waals surface area contributed by atoms with E-state index in [1.807, 2.05) is 13.8 Å². The molecule has 0 saturated carbocycles. The Morgan fingerprint density at radius 3 is 2.43 bits per heavy atom. The first-order chi connectivity index (χ1) is 11.0. The van der Waals surface area contributed by atoms with Crippen LogP contribution in [0.25, 0.3) is 10.9 Å². The van der Waals surface area contributed by atoms with Gasteiger partial charge in [-0.2, -0.15) is 0 Å². The maximum Gasteiger partial charge on any atom is 0.305 e. The van der Waals surface area contributed by atoms with Crippen molar-refractivity contribution in [1.29, 1.82) is 0 Å². The third-order valence-corrected chi connectivity index (χ3v) is 3.52. The van der Waals surface area contributed by atoms with Crippen LogP contribution in [0.3, 0.4) is 0 Å². The molecule has 0 amide bonds. The molecule has 1 heterocycles. The van der Waals surface area contributed by atoms with E-state index in [9.17, 15) is 9.59 Å². The van der Waals surface area contributed by atoms with E-state index in [1.54, 1.807) is 12.1 Å². The summed E-state index contributed by atoms with van der Waals surface area (Å²) in [6, 6.07) is 3.26. The highest BCUT2D eigenvalue weighted by atomic mass is 32.1. The van der Waals surface area contributed by atoms with E-state index >= 15 is 0 Å². The molecule has 0 bridgehead atoms. The van der Waals surface area contributed by atoms with Gasteiger partial charge in [-0.05, 0) is 32.1 Å². The van der Waals surface area contributed by atoms with Crippen LogP contribution in [0.1, 0.15) is 20.3 Å². The number of ether oxygens (including phenoxy) is 2. The number of H-pyrrole nitrogens is 1. The fourth-order valence-electron chi connectivity index (χ4n) is 2.21. The minimum atomic E-state index is -0.993. The van der Waals surface area contributed by atoms with Crippen molar-refractivity contribution in [3.8, 4) is 11.5 Å². The van der Waals surface area contributed by atoms with Gasteiger partial charge in [-0.25, -0.2) is 0 Å². The number of carboxylic acid groups (broad SMARTS) is 1. The van der Waals surface area contributed by atoms with E-state index in [0.29, 0.717) is 35.6 Å². The van der Waals surface area contributed by atoms with E-state index in [1.165, 1.54) is 4.57 Å². The average molecular weight is 338 g/mol. The molecular formula is C15H18N2O5S. The normalized spacial score (nSPS) is 10.7. The minimum absolute atomic E-state index is 0.0105. The predicted octanol–water partition coefficient (Wildman–Crippen LogP) is 2.33. The Bertz CT molecular complexity index is 840. The van der Waals surface area contributed by atoms with E-state index in [4.69, 9.17) is 26.8 Å². The third-order valence-electron chi connectivity index (χ3n) is 3.20. The Labute approximate surface area is 137 Å². The smallest absolute Gasteiger partial charge is 0.305 e. The highest BCUT2D eigenvalue weighted by Gasteiger charge is 2.13. The molecule has 1 aromatic heterocycles. The number of nitrogens with one attached hydrogen (secondary N) is 1. The Hall–Kier alpha value is -2.35. The van der Waals surface area contributed by atoms with Gasteiger partial charge in [0.1, 0.15) is 0 Å². The second-order valence-electron chi connectivity index (χ2n) is 4.74. The summed E-state index contributed by atoms with van der Waals surface area (Å²) in [5.74, 6) is -0.00228. The van der Waals surface area contributed by atoms with Crippen molar-refractivity contribution in [3.63, 3.8) is 0 Å². The molecule has 0 radical (unpaired) electrons. The zero-order valence-electron chi connectivity index (χ0n) is 12.9. The van der Waals surface area contributed by atoms with Gasteiger partial charge in [-0.1, -0.05) is 0 Å². The van der Waals surface area contributed by atoms with Crippen LogP contribution in [0.2, 0.25) is 0 Å². The lowest BCUT2D eigenvalue weighted by atomic mass is 10.2. The maximum atomic E-state index is 12.6. The van der Waals surface area contributed by atoms with Gasteiger partial charge in [0.25, 0.3) is 5.56 Å². The molecule has 8 heteroatoms. The van der Waals surface area contributed by atoms with E-state index in [2.05, 4.69) is 4.98 Å². The molecule has 2 aromatic rings. The van der Waals surface area contributed by atoms with Crippen LogP contribution >= 0.6 is 12.2 Å². The van der Waals surface area contributed by atoms with Gasteiger partial charge in [-0.15, -0.1) is 0 Å². The molecule has 0 spiro atoms. The molecule has 2 rings (SSSR count). The fourth-order valence-corrected chi connectivity index (χ4v) is 2.49. The number of hydrogen-bond donors (Lipinski definition) is 2. The molecule has 23 heavy (non-hydrogen) atoms. The Balaban J connectivity index is 2.63. The first kappa shape index (κ1) is 17.0. The Morgan fingerprint density at radius 1 is 1.26 bits per heavy atom. The third kappa shape index (κ3) is 3.70. The molecule has 0 unspecified atom stereocenters. The van der Waals surface area contributed by atoms with Gasteiger partial charge in [0.05, 0.1) is 30.5 Å². The SMILES string of the molecule is CCOc1cc2[nH]c(=S)n(CCC(=O)O)c(=O)c2cc1OCC. The minimum Gasteiger partial charge on any atom is -0.490 e. The molecule has 0 saturated heterocycles. The molecule has 2 N–H and O–H groups in total. The van der Waals surface area contributed by atoms with Crippen LogP contribution in [0.4, 0.5) is 0 Å². The molecule has 7 nitrogen and oxygen atoms in total. The van der Waals surface area contributed by atoms with E-state index in [0.717, 1.165) is 0 Å².